The molecule has 0 spiro atoms. The summed E-state index contributed by atoms with van der Waals surface area (Å²) in [6, 6.07) is 16.1. The molecule has 4 rings (SSSR count). The molecule has 2 aliphatic rings. The van der Waals surface area contributed by atoms with Crippen LogP contribution in [0.15, 0.2) is 48.5 Å². The van der Waals surface area contributed by atoms with Gasteiger partial charge in [0.15, 0.2) is 0 Å². The lowest BCUT2D eigenvalue weighted by molar-refractivity contribution is 0.0938. The minimum atomic E-state index is -0.577. The molecule has 1 atom stereocenters. The van der Waals surface area contributed by atoms with E-state index in [-0.39, 0.29) is 12.5 Å². The number of methoxy groups -OCH3 is 1. The fourth-order valence-corrected chi connectivity index (χ4v) is 4.75. The highest BCUT2D eigenvalue weighted by atomic mass is 16.5. The lowest BCUT2D eigenvalue weighted by atomic mass is 10.0. The quantitative estimate of drug-likeness (QED) is 0.497. The van der Waals surface area contributed by atoms with Crippen LogP contribution in [0.3, 0.4) is 0 Å². The SMILES string of the molecule is COc1cccc(OC[C@H](O)CNC2CCN(c3ccc(C(=O)NC4CCCC4)cc3)CC2)c1. The first-order chi connectivity index (χ1) is 16.6. The Hall–Kier alpha value is -2.77. The van der Waals surface area contributed by atoms with Crippen LogP contribution in [0.2, 0.25) is 0 Å². The molecule has 0 radical (unpaired) electrons. The Labute approximate surface area is 202 Å². The first-order valence-corrected chi connectivity index (χ1v) is 12.4. The summed E-state index contributed by atoms with van der Waals surface area (Å²) in [6.07, 6.45) is 6.06. The minimum absolute atomic E-state index is 0.0373. The van der Waals surface area contributed by atoms with Crippen LogP contribution in [-0.4, -0.2) is 62.6 Å². The van der Waals surface area contributed by atoms with Crippen LogP contribution >= 0.6 is 0 Å². The van der Waals surface area contributed by atoms with Crippen LogP contribution < -0.4 is 25.0 Å². The van der Waals surface area contributed by atoms with E-state index in [0.717, 1.165) is 55.8 Å². The van der Waals surface area contributed by atoms with Crippen molar-refractivity contribution in [1.82, 2.24) is 10.6 Å². The Morgan fingerprint density at radius 1 is 1.03 bits per heavy atom. The van der Waals surface area contributed by atoms with Gasteiger partial charge in [0.1, 0.15) is 24.2 Å². The number of hydrogen-bond donors (Lipinski definition) is 3. The zero-order valence-electron chi connectivity index (χ0n) is 20.0. The number of rotatable bonds is 10. The average molecular weight is 468 g/mol. The molecule has 2 aromatic carbocycles. The van der Waals surface area contributed by atoms with E-state index in [4.69, 9.17) is 9.47 Å². The first kappa shape index (κ1) is 24.4. The topological polar surface area (TPSA) is 83.1 Å². The van der Waals surface area contributed by atoms with E-state index in [2.05, 4.69) is 27.7 Å². The van der Waals surface area contributed by atoms with Gasteiger partial charge in [-0.05, 0) is 62.1 Å². The van der Waals surface area contributed by atoms with Crippen molar-refractivity contribution in [3.8, 4) is 11.5 Å². The molecular weight excluding hydrogens is 430 g/mol. The van der Waals surface area contributed by atoms with E-state index in [1.54, 1.807) is 7.11 Å². The van der Waals surface area contributed by atoms with Crippen molar-refractivity contribution in [3.05, 3.63) is 54.1 Å². The second-order valence-electron chi connectivity index (χ2n) is 9.32. The van der Waals surface area contributed by atoms with Crippen LogP contribution in [-0.2, 0) is 0 Å². The smallest absolute Gasteiger partial charge is 0.251 e. The Morgan fingerprint density at radius 2 is 1.74 bits per heavy atom. The van der Waals surface area contributed by atoms with Gasteiger partial charge in [-0.2, -0.15) is 0 Å². The summed E-state index contributed by atoms with van der Waals surface area (Å²) in [7, 11) is 1.62. The molecule has 3 N–H and O–H groups in total. The number of amides is 1. The van der Waals surface area contributed by atoms with Gasteiger partial charge in [-0.1, -0.05) is 18.9 Å². The van der Waals surface area contributed by atoms with Crippen LogP contribution in [0.25, 0.3) is 0 Å². The molecule has 1 aliphatic carbocycles. The summed E-state index contributed by atoms with van der Waals surface area (Å²) >= 11 is 0. The fourth-order valence-electron chi connectivity index (χ4n) is 4.75. The molecule has 0 bridgehead atoms. The van der Waals surface area contributed by atoms with Crippen molar-refractivity contribution in [3.63, 3.8) is 0 Å². The van der Waals surface area contributed by atoms with Crippen LogP contribution in [0, 0.1) is 0 Å². The number of aliphatic hydroxyl groups excluding tert-OH is 1. The summed E-state index contributed by atoms with van der Waals surface area (Å²) in [6.45, 7) is 2.63. The molecule has 1 saturated carbocycles. The van der Waals surface area contributed by atoms with E-state index in [9.17, 15) is 9.90 Å². The van der Waals surface area contributed by atoms with Gasteiger partial charge < -0.3 is 30.1 Å². The molecule has 2 aromatic rings. The summed E-state index contributed by atoms with van der Waals surface area (Å²) in [5, 5.41) is 16.9. The number of carbonyl (C=O) groups is 1. The Morgan fingerprint density at radius 3 is 2.44 bits per heavy atom. The van der Waals surface area contributed by atoms with Gasteiger partial charge in [-0.25, -0.2) is 0 Å². The largest absolute Gasteiger partial charge is 0.497 e. The number of benzene rings is 2. The number of nitrogens with zero attached hydrogens (tertiary/aromatic N) is 1. The van der Waals surface area contributed by atoms with E-state index >= 15 is 0 Å². The lowest BCUT2D eigenvalue weighted by Gasteiger charge is -2.34. The maximum absolute atomic E-state index is 12.4. The highest BCUT2D eigenvalue weighted by Gasteiger charge is 2.21. The molecular formula is C27H37N3O4. The zero-order valence-corrected chi connectivity index (χ0v) is 20.0. The maximum atomic E-state index is 12.4. The molecule has 1 heterocycles. The van der Waals surface area contributed by atoms with Crippen molar-refractivity contribution in [2.45, 2.75) is 56.7 Å². The number of anilines is 1. The molecule has 1 saturated heterocycles. The van der Waals surface area contributed by atoms with E-state index in [1.807, 2.05) is 36.4 Å². The van der Waals surface area contributed by atoms with Gasteiger partial charge in [0.05, 0.1) is 7.11 Å². The summed E-state index contributed by atoms with van der Waals surface area (Å²) < 4.78 is 10.9. The molecule has 2 fully saturated rings. The predicted octanol–water partition coefficient (Wildman–Crippen LogP) is 3.37. The second-order valence-corrected chi connectivity index (χ2v) is 9.32. The third kappa shape index (κ3) is 6.87. The molecule has 0 aromatic heterocycles. The van der Waals surface area contributed by atoms with Crippen molar-refractivity contribution in [1.29, 1.82) is 0 Å². The third-order valence-corrected chi connectivity index (χ3v) is 6.81. The van der Waals surface area contributed by atoms with Crippen molar-refractivity contribution >= 4 is 11.6 Å². The van der Waals surface area contributed by atoms with Crippen molar-refractivity contribution in [2.75, 3.05) is 38.3 Å². The van der Waals surface area contributed by atoms with E-state index < -0.39 is 6.10 Å². The summed E-state index contributed by atoms with van der Waals surface area (Å²) in [5.74, 6) is 1.46. The monoisotopic (exact) mass is 467 g/mol. The number of aliphatic hydroxyl groups is 1. The summed E-state index contributed by atoms with van der Waals surface area (Å²) in [5.41, 5.74) is 1.89. The number of nitrogens with one attached hydrogen (secondary N) is 2. The van der Waals surface area contributed by atoms with E-state index in [1.165, 1.54) is 12.8 Å². The Bertz CT molecular complexity index is 906. The lowest BCUT2D eigenvalue weighted by Crippen LogP contribution is -2.45. The van der Waals surface area contributed by atoms with Crippen molar-refractivity contribution < 1.29 is 19.4 Å². The third-order valence-electron chi connectivity index (χ3n) is 6.81. The first-order valence-electron chi connectivity index (χ1n) is 12.4. The Balaban J connectivity index is 1.15. The van der Waals surface area contributed by atoms with Crippen LogP contribution in [0.4, 0.5) is 5.69 Å². The molecule has 1 aliphatic heterocycles. The standard InChI is InChI=1S/C27H37N3O4/c1-33-25-7-4-8-26(17-25)34-19-24(31)18-28-21-13-15-30(16-14-21)23-11-9-20(10-12-23)27(32)29-22-5-2-3-6-22/h4,7-12,17,21-22,24,28,31H,2-3,5-6,13-16,18-19H2,1H3,(H,29,32)/t24-/m1/s1. The molecule has 7 nitrogen and oxygen atoms in total. The number of ether oxygens (including phenoxy) is 2. The fraction of sp³-hybridized carbons (Fsp3) is 0.519. The predicted molar refractivity (Wildman–Crippen MR) is 134 cm³/mol. The van der Waals surface area contributed by atoms with Crippen LogP contribution in [0.1, 0.15) is 48.9 Å². The molecule has 1 amide bonds. The molecule has 184 valence electrons. The minimum Gasteiger partial charge on any atom is -0.497 e. The van der Waals surface area contributed by atoms with Crippen molar-refractivity contribution in [2.24, 2.45) is 0 Å². The maximum Gasteiger partial charge on any atom is 0.251 e. The summed E-state index contributed by atoms with van der Waals surface area (Å²) in [4.78, 5) is 14.8. The number of carbonyl (C=O) groups excluding carboxylic acids is 1. The molecule has 7 heteroatoms. The highest BCUT2D eigenvalue weighted by Crippen LogP contribution is 2.22. The van der Waals surface area contributed by atoms with Crippen LogP contribution in [0.5, 0.6) is 11.5 Å². The van der Waals surface area contributed by atoms with Gasteiger partial charge in [-0.3, -0.25) is 4.79 Å². The number of piperidine rings is 1. The van der Waals surface area contributed by atoms with Gasteiger partial charge >= 0.3 is 0 Å². The Kier molecular flexibility index (Phi) is 8.66. The van der Waals surface area contributed by atoms with Gasteiger partial charge in [-0.15, -0.1) is 0 Å². The average Bonchev–Trinajstić information content (AvgIpc) is 3.40. The van der Waals surface area contributed by atoms with Gasteiger partial charge in [0, 0.05) is 49.0 Å². The number of hydrogen-bond acceptors (Lipinski definition) is 6. The van der Waals surface area contributed by atoms with Gasteiger partial charge in [0.25, 0.3) is 5.91 Å². The van der Waals surface area contributed by atoms with Gasteiger partial charge in [0.2, 0.25) is 0 Å². The molecule has 0 unspecified atom stereocenters. The molecule has 34 heavy (non-hydrogen) atoms. The highest BCUT2D eigenvalue weighted by molar-refractivity contribution is 5.94. The zero-order chi connectivity index (χ0) is 23.8. The normalized spacial score (nSPS) is 18.0. The second kappa shape index (κ2) is 12.1. The van der Waals surface area contributed by atoms with E-state index in [0.29, 0.717) is 24.4 Å².